The molecule has 2 aromatic rings. The molecule has 0 spiro atoms. The van der Waals surface area contributed by atoms with Crippen molar-refractivity contribution in [2.75, 3.05) is 32.2 Å². The molecule has 1 aliphatic heterocycles. The molecule has 1 aromatic carbocycles. The predicted octanol–water partition coefficient (Wildman–Crippen LogP) is 3.31. The van der Waals surface area contributed by atoms with E-state index in [4.69, 9.17) is 14.2 Å². The van der Waals surface area contributed by atoms with E-state index in [1.165, 1.54) is 0 Å². The fraction of sp³-hybridized carbons (Fsp3) is 0.421. The number of benzene rings is 1. The van der Waals surface area contributed by atoms with Crippen LogP contribution in [0, 0.1) is 0 Å². The number of hydrogen-bond donors (Lipinski definition) is 1. The number of rotatable bonds is 7. The molecule has 1 fully saturated rings. The first-order chi connectivity index (χ1) is 13.5. The highest BCUT2D eigenvalue weighted by Gasteiger charge is 2.24. The molecule has 8 nitrogen and oxygen atoms in total. The van der Waals surface area contributed by atoms with Crippen molar-refractivity contribution in [2.24, 2.45) is 0 Å². The van der Waals surface area contributed by atoms with Crippen molar-refractivity contribution in [3.63, 3.8) is 0 Å². The van der Waals surface area contributed by atoms with Crippen LogP contribution in [-0.2, 0) is 9.53 Å². The van der Waals surface area contributed by atoms with Crippen LogP contribution in [0.2, 0.25) is 0 Å². The minimum absolute atomic E-state index is 0.00801. The number of carbonyl (C=O) groups is 1. The Morgan fingerprint density at radius 2 is 2.25 bits per heavy atom. The lowest BCUT2D eigenvalue weighted by molar-refractivity contribution is -0.126. The summed E-state index contributed by atoms with van der Waals surface area (Å²) >= 11 is 3.39. The molecule has 1 atom stereocenters. The third-order valence-corrected chi connectivity index (χ3v) is 4.77. The van der Waals surface area contributed by atoms with Gasteiger partial charge in [-0.3, -0.25) is 4.79 Å². The average molecular weight is 451 g/mol. The number of hydrogen-bond acceptors (Lipinski definition) is 7. The van der Waals surface area contributed by atoms with E-state index < -0.39 is 0 Å². The van der Waals surface area contributed by atoms with Gasteiger partial charge < -0.3 is 24.4 Å². The van der Waals surface area contributed by atoms with Crippen LogP contribution in [0.3, 0.4) is 0 Å². The normalized spacial score (nSPS) is 16.8. The monoisotopic (exact) mass is 450 g/mol. The maximum Gasteiger partial charge on any atom is 0.233 e. The van der Waals surface area contributed by atoms with Gasteiger partial charge in [-0.25, -0.2) is 4.98 Å². The van der Waals surface area contributed by atoms with Crippen LogP contribution in [0.15, 0.2) is 28.9 Å². The van der Waals surface area contributed by atoms with E-state index in [0.717, 1.165) is 12.0 Å². The number of anilines is 2. The molecule has 1 aliphatic rings. The van der Waals surface area contributed by atoms with Crippen molar-refractivity contribution >= 4 is 34.0 Å². The zero-order valence-electron chi connectivity index (χ0n) is 16.0. The highest BCUT2D eigenvalue weighted by atomic mass is 79.9. The number of nitrogens with zero attached hydrogens (tertiary/aromatic N) is 3. The van der Waals surface area contributed by atoms with Gasteiger partial charge in [0.25, 0.3) is 0 Å². The van der Waals surface area contributed by atoms with Crippen LogP contribution >= 0.6 is 15.9 Å². The van der Waals surface area contributed by atoms with Gasteiger partial charge in [-0.1, -0.05) is 6.07 Å². The summed E-state index contributed by atoms with van der Waals surface area (Å²) in [6.45, 7) is 5.44. The van der Waals surface area contributed by atoms with Gasteiger partial charge in [0, 0.05) is 6.54 Å². The molecular weight excluding hydrogens is 428 g/mol. The second-order valence-corrected chi connectivity index (χ2v) is 7.39. The number of aromatic nitrogens is 2. The van der Waals surface area contributed by atoms with Gasteiger partial charge in [-0.2, -0.15) is 4.98 Å². The number of halogens is 1. The lowest BCUT2D eigenvalue weighted by atomic mass is 10.0. The van der Waals surface area contributed by atoms with Crippen LogP contribution in [0.5, 0.6) is 11.6 Å². The number of nitrogens with one attached hydrogen (secondary N) is 1. The van der Waals surface area contributed by atoms with Crippen LogP contribution < -0.4 is 14.8 Å². The minimum atomic E-state index is -0.135. The number of methoxy groups -OCH3 is 1. The van der Waals surface area contributed by atoms with E-state index in [-0.39, 0.29) is 12.1 Å². The largest absolute Gasteiger partial charge is 0.495 e. The van der Waals surface area contributed by atoms with Crippen molar-refractivity contribution in [1.82, 2.24) is 14.9 Å². The van der Waals surface area contributed by atoms with Gasteiger partial charge in [-0.15, -0.1) is 0 Å². The SMILES string of the molecule is COc1cc(C2COCCN2C=O)ccc1Nc1ncc(Br)c(OC(C)C)n1. The average Bonchev–Trinajstić information content (AvgIpc) is 2.70. The first-order valence-corrected chi connectivity index (χ1v) is 9.74. The molecule has 0 radical (unpaired) electrons. The topological polar surface area (TPSA) is 85.8 Å². The molecule has 0 aliphatic carbocycles. The molecule has 28 heavy (non-hydrogen) atoms. The fourth-order valence-electron chi connectivity index (χ4n) is 2.89. The van der Waals surface area contributed by atoms with E-state index >= 15 is 0 Å². The molecule has 1 unspecified atom stereocenters. The maximum absolute atomic E-state index is 11.3. The fourth-order valence-corrected chi connectivity index (χ4v) is 3.17. The summed E-state index contributed by atoms with van der Waals surface area (Å²) in [5.74, 6) is 1.47. The Kier molecular flexibility index (Phi) is 6.69. The maximum atomic E-state index is 11.3. The molecule has 0 saturated carbocycles. The number of morpholine rings is 1. The Morgan fingerprint density at radius 1 is 1.43 bits per heavy atom. The zero-order chi connectivity index (χ0) is 20.1. The Morgan fingerprint density at radius 3 is 2.96 bits per heavy atom. The predicted molar refractivity (Wildman–Crippen MR) is 108 cm³/mol. The van der Waals surface area contributed by atoms with Crippen LogP contribution in [0.25, 0.3) is 0 Å². The van der Waals surface area contributed by atoms with Crippen molar-refractivity contribution in [3.8, 4) is 11.6 Å². The van der Waals surface area contributed by atoms with E-state index in [0.29, 0.717) is 47.5 Å². The van der Waals surface area contributed by atoms with Crippen molar-refractivity contribution in [1.29, 1.82) is 0 Å². The van der Waals surface area contributed by atoms with Crippen LogP contribution in [0.4, 0.5) is 11.6 Å². The lowest BCUT2D eigenvalue weighted by Crippen LogP contribution is -2.38. The Labute approximate surface area is 172 Å². The molecule has 2 heterocycles. The number of amides is 1. The zero-order valence-corrected chi connectivity index (χ0v) is 17.6. The van der Waals surface area contributed by atoms with E-state index in [1.807, 2.05) is 32.0 Å². The van der Waals surface area contributed by atoms with Gasteiger partial charge in [-0.05, 0) is 47.5 Å². The quantitative estimate of drug-likeness (QED) is 0.647. The molecule has 3 rings (SSSR count). The Balaban J connectivity index is 1.84. The molecular formula is C19H23BrN4O4. The third-order valence-electron chi connectivity index (χ3n) is 4.22. The van der Waals surface area contributed by atoms with E-state index in [9.17, 15) is 4.79 Å². The molecule has 150 valence electrons. The summed E-state index contributed by atoms with van der Waals surface area (Å²) in [4.78, 5) is 21.7. The first kappa shape index (κ1) is 20.3. The second-order valence-electron chi connectivity index (χ2n) is 6.53. The first-order valence-electron chi connectivity index (χ1n) is 8.94. The lowest BCUT2D eigenvalue weighted by Gasteiger charge is -2.33. The highest BCUT2D eigenvalue weighted by molar-refractivity contribution is 9.10. The van der Waals surface area contributed by atoms with Crippen molar-refractivity contribution in [3.05, 3.63) is 34.4 Å². The summed E-state index contributed by atoms with van der Waals surface area (Å²) in [5, 5.41) is 3.16. The second kappa shape index (κ2) is 9.20. The summed E-state index contributed by atoms with van der Waals surface area (Å²) in [6.07, 6.45) is 2.49. The van der Waals surface area contributed by atoms with Crippen LogP contribution in [-0.4, -0.2) is 54.3 Å². The minimum Gasteiger partial charge on any atom is -0.495 e. The molecule has 1 N–H and O–H groups in total. The Hall–Kier alpha value is -2.39. The summed E-state index contributed by atoms with van der Waals surface area (Å²) in [7, 11) is 1.59. The summed E-state index contributed by atoms with van der Waals surface area (Å²) < 4.78 is 17.4. The summed E-state index contributed by atoms with van der Waals surface area (Å²) in [6, 6.07) is 5.57. The number of ether oxygens (including phenoxy) is 3. The molecule has 9 heteroatoms. The van der Waals surface area contributed by atoms with Gasteiger partial charge in [0.2, 0.25) is 18.2 Å². The van der Waals surface area contributed by atoms with Gasteiger partial charge in [0.15, 0.2) is 0 Å². The van der Waals surface area contributed by atoms with Crippen LogP contribution in [0.1, 0.15) is 25.5 Å². The number of carbonyl (C=O) groups excluding carboxylic acids is 1. The standard InChI is InChI=1S/C19H23BrN4O4/c1-12(2)28-18-14(20)9-21-19(23-18)22-15-5-4-13(8-17(15)26-3)16-10-27-7-6-24(16)11-25/h4-5,8-9,11-12,16H,6-7,10H2,1-3H3,(H,21,22,23). The van der Waals surface area contributed by atoms with Gasteiger partial charge >= 0.3 is 0 Å². The molecule has 0 bridgehead atoms. The molecule has 1 saturated heterocycles. The van der Waals surface area contributed by atoms with Crippen molar-refractivity contribution in [2.45, 2.75) is 26.0 Å². The smallest absolute Gasteiger partial charge is 0.233 e. The van der Waals surface area contributed by atoms with E-state index in [1.54, 1.807) is 18.2 Å². The highest BCUT2D eigenvalue weighted by Crippen LogP contribution is 2.33. The Bertz CT molecular complexity index is 834. The molecule has 1 aromatic heterocycles. The van der Waals surface area contributed by atoms with E-state index in [2.05, 4.69) is 31.2 Å². The van der Waals surface area contributed by atoms with Gasteiger partial charge in [0.05, 0.1) is 48.8 Å². The van der Waals surface area contributed by atoms with Gasteiger partial charge in [0.1, 0.15) is 5.75 Å². The van der Waals surface area contributed by atoms with Crippen molar-refractivity contribution < 1.29 is 19.0 Å². The summed E-state index contributed by atoms with van der Waals surface area (Å²) in [5.41, 5.74) is 1.65. The molecule has 1 amide bonds. The third kappa shape index (κ3) is 4.71.